The number of carbonyl (C=O) groups is 2. The Labute approximate surface area is 196 Å². The van der Waals surface area contributed by atoms with Gasteiger partial charge in [-0.3, -0.25) is 19.6 Å². The van der Waals surface area contributed by atoms with Crippen LogP contribution in [-0.4, -0.2) is 52.4 Å². The number of nitrogens with zero attached hydrogens (tertiary/aromatic N) is 3. The third-order valence-corrected chi connectivity index (χ3v) is 7.21. The van der Waals surface area contributed by atoms with Crippen molar-refractivity contribution in [3.8, 4) is 11.1 Å². The number of hydrogen-bond acceptors (Lipinski definition) is 5. The van der Waals surface area contributed by atoms with E-state index in [1.165, 1.54) is 6.42 Å². The van der Waals surface area contributed by atoms with Gasteiger partial charge in [-0.25, -0.2) is 0 Å². The monoisotopic (exact) mass is 449 g/mol. The molecule has 1 saturated carbocycles. The van der Waals surface area contributed by atoms with E-state index in [-0.39, 0.29) is 29.8 Å². The molecule has 2 fully saturated rings. The van der Waals surface area contributed by atoms with E-state index >= 15 is 0 Å². The number of hydrogen-bond donors (Lipinski definition) is 2. The fourth-order valence-corrected chi connectivity index (χ4v) is 5.16. The molecule has 33 heavy (non-hydrogen) atoms. The summed E-state index contributed by atoms with van der Waals surface area (Å²) in [7, 11) is 1.76. The van der Waals surface area contributed by atoms with Crippen LogP contribution in [0, 0.1) is 5.92 Å². The van der Waals surface area contributed by atoms with Crippen LogP contribution in [-0.2, 0) is 9.59 Å². The van der Waals surface area contributed by atoms with Gasteiger partial charge >= 0.3 is 0 Å². The van der Waals surface area contributed by atoms with E-state index in [9.17, 15) is 9.59 Å². The first kappa shape index (κ1) is 23.4. The largest absolute Gasteiger partial charge is 0.343 e. The van der Waals surface area contributed by atoms with Crippen molar-refractivity contribution in [2.24, 2.45) is 5.92 Å². The van der Waals surface area contributed by atoms with Gasteiger partial charge in [0.1, 0.15) is 6.04 Å². The maximum atomic E-state index is 13.9. The van der Waals surface area contributed by atoms with Gasteiger partial charge in [0.2, 0.25) is 11.8 Å². The van der Waals surface area contributed by atoms with Crippen molar-refractivity contribution >= 4 is 11.8 Å². The number of nitrogens with one attached hydrogen (secondary N) is 2. The molecule has 0 spiro atoms. The molecule has 2 aromatic heterocycles. The van der Waals surface area contributed by atoms with Crippen molar-refractivity contribution in [2.45, 2.75) is 70.0 Å². The molecule has 7 heteroatoms. The van der Waals surface area contributed by atoms with Crippen molar-refractivity contribution in [3.05, 3.63) is 48.5 Å². The normalized spacial score (nSPS) is 20.9. The molecule has 4 rings (SSSR count). The van der Waals surface area contributed by atoms with E-state index < -0.39 is 6.04 Å². The first-order chi connectivity index (χ1) is 16.1. The zero-order chi connectivity index (χ0) is 23.2. The molecule has 3 heterocycles. The summed E-state index contributed by atoms with van der Waals surface area (Å²) >= 11 is 0. The third kappa shape index (κ3) is 5.41. The van der Waals surface area contributed by atoms with Crippen LogP contribution in [0.15, 0.2) is 43.0 Å². The first-order valence-corrected chi connectivity index (χ1v) is 12.2. The Morgan fingerprint density at radius 2 is 1.76 bits per heavy atom. The number of aromatic nitrogens is 2. The van der Waals surface area contributed by atoms with Gasteiger partial charge in [-0.15, -0.1) is 0 Å². The summed E-state index contributed by atoms with van der Waals surface area (Å²) in [5.41, 5.74) is 3.13. The van der Waals surface area contributed by atoms with Crippen molar-refractivity contribution in [1.82, 2.24) is 25.5 Å². The Hall–Kier alpha value is -2.80. The van der Waals surface area contributed by atoms with E-state index in [0.29, 0.717) is 6.54 Å². The summed E-state index contributed by atoms with van der Waals surface area (Å²) in [4.78, 5) is 37.2. The van der Waals surface area contributed by atoms with Gasteiger partial charge in [0, 0.05) is 36.9 Å². The molecule has 2 aromatic rings. The van der Waals surface area contributed by atoms with Gasteiger partial charge in [-0.05, 0) is 74.9 Å². The van der Waals surface area contributed by atoms with Gasteiger partial charge in [0.15, 0.2) is 0 Å². The van der Waals surface area contributed by atoms with Gasteiger partial charge in [0.25, 0.3) is 0 Å². The van der Waals surface area contributed by atoms with E-state index in [2.05, 4.69) is 26.7 Å². The van der Waals surface area contributed by atoms with Crippen LogP contribution in [0.4, 0.5) is 0 Å². The lowest BCUT2D eigenvalue weighted by atomic mass is 9.83. The van der Waals surface area contributed by atoms with Crippen molar-refractivity contribution in [2.75, 3.05) is 13.6 Å². The average Bonchev–Trinajstić information content (AvgIpc) is 3.37. The molecule has 1 saturated heterocycles. The van der Waals surface area contributed by atoms with E-state index in [1.807, 2.05) is 36.4 Å². The maximum Gasteiger partial charge on any atom is 0.245 e. The van der Waals surface area contributed by atoms with Crippen molar-refractivity contribution < 1.29 is 9.59 Å². The lowest BCUT2D eigenvalue weighted by Gasteiger charge is -2.35. The average molecular weight is 450 g/mol. The van der Waals surface area contributed by atoms with Gasteiger partial charge < -0.3 is 15.5 Å². The summed E-state index contributed by atoms with van der Waals surface area (Å²) < 4.78 is 0. The molecule has 2 aliphatic rings. The van der Waals surface area contributed by atoms with Crippen LogP contribution >= 0.6 is 0 Å². The molecule has 176 valence electrons. The molecule has 7 nitrogen and oxygen atoms in total. The number of likely N-dealkylation sites (tertiary alicyclic amines) is 1. The van der Waals surface area contributed by atoms with Crippen LogP contribution in [0.5, 0.6) is 0 Å². The molecule has 0 aromatic carbocycles. The van der Waals surface area contributed by atoms with E-state index in [4.69, 9.17) is 0 Å². The molecule has 0 bridgehead atoms. The summed E-state index contributed by atoms with van der Waals surface area (Å²) in [5, 5.41) is 6.10. The highest BCUT2D eigenvalue weighted by Crippen LogP contribution is 2.36. The predicted molar refractivity (Wildman–Crippen MR) is 128 cm³/mol. The second-order valence-corrected chi connectivity index (χ2v) is 9.33. The SMILES string of the molecule is CNC(C)C(=O)NC(C(=O)N1CCCC1c1cncc(-c2ccncc2)c1)C1CCCCC1. The van der Waals surface area contributed by atoms with Crippen LogP contribution in [0.2, 0.25) is 0 Å². The van der Waals surface area contributed by atoms with Crippen LogP contribution in [0.25, 0.3) is 11.1 Å². The molecular formula is C26H35N5O2. The van der Waals surface area contributed by atoms with Crippen molar-refractivity contribution in [3.63, 3.8) is 0 Å². The summed E-state index contributed by atoms with van der Waals surface area (Å²) in [6.45, 7) is 2.54. The minimum absolute atomic E-state index is 0.0171. The molecule has 1 aliphatic heterocycles. The maximum absolute atomic E-state index is 13.9. The van der Waals surface area contributed by atoms with Gasteiger partial charge in [-0.2, -0.15) is 0 Å². The van der Waals surface area contributed by atoms with E-state index in [1.54, 1.807) is 19.4 Å². The minimum atomic E-state index is -0.467. The molecule has 2 amide bonds. The Morgan fingerprint density at radius 3 is 2.48 bits per heavy atom. The van der Waals surface area contributed by atoms with E-state index in [0.717, 1.165) is 55.2 Å². The second kappa shape index (κ2) is 10.9. The highest BCUT2D eigenvalue weighted by atomic mass is 16.2. The topological polar surface area (TPSA) is 87.2 Å². The molecular weight excluding hydrogens is 414 g/mol. The smallest absolute Gasteiger partial charge is 0.245 e. The summed E-state index contributed by atoms with van der Waals surface area (Å²) in [5.74, 6) is 0.135. The molecule has 3 unspecified atom stereocenters. The Kier molecular flexibility index (Phi) is 7.70. The Bertz CT molecular complexity index is 945. The van der Waals surface area contributed by atoms with Gasteiger partial charge in [0.05, 0.1) is 12.1 Å². The van der Waals surface area contributed by atoms with Crippen LogP contribution in [0.1, 0.15) is 63.5 Å². The first-order valence-electron chi connectivity index (χ1n) is 12.2. The number of amides is 2. The molecule has 0 radical (unpaired) electrons. The molecule has 1 aliphatic carbocycles. The lowest BCUT2D eigenvalue weighted by Crippen LogP contribution is -2.55. The third-order valence-electron chi connectivity index (χ3n) is 7.21. The fourth-order valence-electron chi connectivity index (χ4n) is 5.16. The number of likely N-dealkylation sites (N-methyl/N-ethyl adjacent to an activating group) is 1. The zero-order valence-electron chi connectivity index (χ0n) is 19.7. The van der Waals surface area contributed by atoms with Crippen LogP contribution in [0.3, 0.4) is 0 Å². The molecule has 2 N–H and O–H groups in total. The van der Waals surface area contributed by atoms with Gasteiger partial charge in [-0.1, -0.05) is 19.3 Å². The summed E-state index contributed by atoms with van der Waals surface area (Å²) in [6.07, 6.45) is 14.6. The lowest BCUT2D eigenvalue weighted by molar-refractivity contribution is -0.139. The Morgan fingerprint density at radius 1 is 1.00 bits per heavy atom. The minimum Gasteiger partial charge on any atom is -0.343 e. The quantitative estimate of drug-likeness (QED) is 0.676. The standard InChI is InChI=1S/C26H35N5O2/c1-18(27-2)25(32)30-24(20-7-4-3-5-8-20)26(33)31-14-6-9-23(31)22-15-21(16-29-17-22)19-10-12-28-13-11-19/h10-13,15-18,20,23-24,27H,3-9,14H2,1-2H3,(H,30,32). The summed E-state index contributed by atoms with van der Waals surface area (Å²) in [6, 6.07) is 5.25. The zero-order valence-corrected chi connectivity index (χ0v) is 19.7. The fraction of sp³-hybridized carbons (Fsp3) is 0.538. The number of pyridine rings is 2. The number of carbonyl (C=O) groups excluding carboxylic acids is 2. The highest BCUT2D eigenvalue weighted by Gasteiger charge is 2.39. The number of rotatable bonds is 7. The van der Waals surface area contributed by atoms with Crippen molar-refractivity contribution in [1.29, 1.82) is 0 Å². The second-order valence-electron chi connectivity index (χ2n) is 9.33. The highest BCUT2D eigenvalue weighted by molar-refractivity contribution is 5.90. The van der Waals surface area contributed by atoms with Crippen LogP contribution < -0.4 is 10.6 Å². The predicted octanol–water partition coefficient (Wildman–Crippen LogP) is 3.48. The molecule has 3 atom stereocenters. The Balaban J connectivity index is 1.57.